The summed E-state index contributed by atoms with van der Waals surface area (Å²) in [5.74, 6) is 0.100. The fourth-order valence-electron chi connectivity index (χ4n) is 3.34. The third-order valence-electron chi connectivity index (χ3n) is 5.24. The zero-order chi connectivity index (χ0) is 22.4. The van der Waals surface area contributed by atoms with E-state index >= 15 is 0 Å². The number of rotatable bonds is 7. The normalized spacial score (nSPS) is 15.2. The number of benzene rings is 2. The Morgan fingerprint density at radius 1 is 1.19 bits per heavy atom. The Morgan fingerprint density at radius 3 is 2.58 bits per heavy atom. The molecule has 1 aliphatic heterocycles. The highest BCUT2D eigenvalue weighted by atomic mass is 32.2. The van der Waals surface area contributed by atoms with E-state index in [0.29, 0.717) is 38.4 Å². The summed E-state index contributed by atoms with van der Waals surface area (Å²) in [6.07, 6.45) is 3.07. The van der Waals surface area contributed by atoms with Crippen LogP contribution in [-0.2, 0) is 26.1 Å². The van der Waals surface area contributed by atoms with Crippen LogP contribution in [0.25, 0.3) is 6.08 Å². The predicted octanol–water partition coefficient (Wildman–Crippen LogP) is 2.70. The Morgan fingerprint density at radius 2 is 1.90 bits per heavy atom. The quantitative estimate of drug-likeness (QED) is 0.614. The van der Waals surface area contributed by atoms with Crippen molar-refractivity contribution in [2.24, 2.45) is 0 Å². The van der Waals surface area contributed by atoms with Gasteiger partial charge in [0.1, 0.15) is 10.6 Å². The summed E-state index contributed by atoms with van der Waals surface area (Å²) < 4.78 is 38.1. The zero-order valence-corrected chi connectivity index (χ0v) is 18.9. The van der Waals surface area contributed by atoms with E-state index in [1.54, 1.807) is 30.2 Å². The number of aryl methyl sites for hydroxylation is 1. The minimum absolute atomic E-state index is 0.0831. The summed E-state index contributed by atoms with van der Waals surface area (Å²) in [5, 5.41) is 0. The molecule has 1 aliphatic rings. The summed E-state index contributed by atoms with van der Waals surface area (Å²) >= 11 is 0. The van der Waals surface area contributed by atoms with Crippen molar-refractivity contribution < 1.29 is 22.7 Å². The van der Waals surface area contributed by atoms with Gasteiger partial charge in [-0.1, -0.05) is 30.3 Å². The molecule has 0 unspecified atom stereocenters. The lowest BCUT2D eigenvalue weighted by Crippen LogP contribution is -2.40. The zero-order valence-electron chi connectivity index (χ0n) is 18.1. The first kappa shape index (κ1) is 23.0. The average Bonchev–Trinajstić information content (AvgIpc) is 2.79. The van der Waals surface area contributed by atoms with Crippen molar-refractivity contribution in [1.82, 2.24) is 9.21 Å². The molecule has 1 heterocycles. The molecule has 0 aromatic heterocycles. The molecule has 1 saturated heterocycles. The lowest BCUT2D eigenvalue weighted by atomic mass is 10.1. The number of carbonyl (C=O) groups is 1. The van der Waals surface area contributed by atoms with Crippen molar-refractivity contribution in [3.63, 3.8) is 0 Å². The van der Waals surface area contributed by atoms with E-state index in [1.807, 2.05) is 31.2 Å². The van der Waals surface area contributed by atoms with Crippen molar-refractivity contribution in [2.75, 3.05) is 40.5 Å². The first-order valence-electron chi connectivity index (χ1n) is 10.1. The lowest BCUT2D eigenvalue weighted by Gasteiger charge is -2.26. The predicted molar refractivity (Wildman–Crippen MR) is 119 cm³/mol. The summed E-state index contributed by atoms with van der Waals surface area (Å²) in [7, 11) is -0.553. The number of methoxy groups -OCH3 is 1. The van der Waals surface area contributed by atoms with Gasteiger partial charge in [-0.05, 0) is 41.8 Å². The molecule has 0 spiro atoms. The van der Waals surface area contributed by atoms with Crippen molar-refractivity contribution in [1.29, 1.82) is 0 Å². The van der Waals surface area contributed by atoms with Gasteiger partial charge in [0.2, 0.25) is 15.9 Å². The Labute approximate surface area is 183 Å². The molecule has 1 fully saturated rings. The van der Waals surface area contributed by atoms with E-state index in [1.165, 1.54) is 23.6 Å². The molecule has 0 N–H and O–H groups in total. The molecule has 166 valence electrons. The van der Waals surface area contributed by atoms with E-state index < -0.39 is 10.0 Å². The van der Waals surface area contributed by atoms with Crippen LogP contribution in [0.1, 0.15) is 16.7 Å². The van der Waals surface area contributed by atoms with Crippen LogP contribution in [0.5, 0.6) is 5.75 Å². The van der Waals surface area contributed by atoms with Crippen LogP contribution in [0.15, 0.2) is 53.4 Å². The lowest BCUT2D eigenvalue weighted by molar-refractivity contribution is -0.125. The van der Waals surface area contributed by atoms with E-state index in [2.05, 4.69) is 0 Å². The number of nitrogens with zero attached hydrogens (tertiary/aromatic N) is 2. The molecular weight excluding hydrogens is 416 g/mol. The monoisotopic (exact) mass is 444 g/mol. The maximum atomic E-state index is 13.1. The summed E-state index contributed by atoms with van der Waals surface area (Å²) in [6.45, 7) is 3.83. The number of hydrogen-bond acceptors (Lipinski definition) is 5. The number of likely N-dealkylation sites (N-methyl/N-ethyl adjacent to an activating group) is 1. The number of hydrogen-bond donors (Lipinski definition) is 0. The molecule has 0 atom stereocenters. The molecule has 0 aliphatic carbocycles. The highest BCUT2D eigenvalue weighted by Crippen LogP contribution is 2.29. The number of morpholine rings is 1. The SMILES string of the molecule is COc1ccc(/C=C/C(=O)N(C)Cc2ccccc2C)cc1S(=O)(=O)N1CCOCC1. The van der Waals surface area contributed by atoms with Gasteiger partial charge < -0.3 is 14.4 Å². The van der Waals surface area contributed by atoms with Gasteiger partial charge >= 0.3 is 0 Å². The van der Waals surface area contributed by atoms with Gasteiger partial charge in [0, 0.05) is 32.8 Å². The van der Waals surface area contributed by atoms with Crippen molar-refractivity contribution in [3.8, 4) is 5.75 Å². The second-order valence-corrected chi connectivity index (χ2v) is 9.29. The third-order valence-corrected chi connectivity index (χ3v) is 7.16. The number of carbonyl (C=O) groups excluding carboxylic acids is 1. The first-order valence-corrected chi connectivity index (χ1v) is 11.5. The van der Waals surface area contributed by atoms with E-state index in [0.717, 1.165) is 11.1 Å². The van der Waals surface area contributed by atoms with Crippen LogP contribution in [0.3, 0.4) is 0 Å². The number of sulfonamides is 1. The Hall–Kier alpha value is -2.68. The first-order chi connectivity index (χ1) is 14.8. The smallest absolute Gasteiger partial charge is 0.246 e. The average molecular weight is 445 g/mol. The van der Waals surface area contributed by atoms with Gasteiger partial charge in [-0.3, -0.25) is 4.79 Å². The van der Waals surface area contributed by atoms with Gasteiger partial charge in [0.15, 0.2) is 0 Å². The van der Waals surface area contributed by atoms with Crippen LogP contribution in [0.4, 0.5) is 0 Å². The van der Waals surface area contributed by atoms with Crippen LogP contribution in [-0.4, -0.2) is 64.0 Å². The maximum Gasteiger partial charge on any atom is 0.246 e. The third kappa shape index (κ3) is 5.52. The minimum atomic E-state index is -3.73. The van der Waals surface area contributed by atoms with Crippen LogP contribution in [0.2, 0.25) is 0 Å². The van der Waals surface area contributed by atoms with Gasteiger partial charge in [0.05, 0.1) is 20.3 Å². The second-order valence-electron chi connectivity index (χ2n) is 7.38. The van der Waals surface area contributed by atoms with Crippen LogP contribution < -0.4 is 4.74 Å². The standard InChI is InChI=1S/C23H28N2O5S/c1-18-6-4-5-7-20(18)17-24(2)23(26)11-9-19-8-10-21(29-3)22(16-19)31(27,28)25-12-14-30-15-13-25/h4-11,16H,12-15,17H2,1-3H3/b11-9+. The largest absolute Gasteiger partial charge is 0.495 e. The number of ether oxygens (including phenoxy) is 2. The topological polar surface area (TPSA) is 76.2 Å². The van der Waals surface area contributed by atoms with Crippen molar-refractivity contribution >= 4 is 22.0 Å². The molecular formula is C23H28N2O5S. The van der Waals surface area contributed by atoms with E-state index in [-0.39, 0.29) is 16.6 Å². The highest BCUT2D eigenvalue weighted by molar-refractivity contribution is 7.89. The molecule has 3 rings (SSSR count). The maximum absolute atomic E-state index is 13.1. The minimum Gasteiger partial charge on any atom is -0.495 e. The molecule has 0 radical (unpaired) electrons. The summed E-state index contributed by atoms with van der Waals surface area (Å²) in [4.78, 5) is 14.3. The molecule has 1 amide bonds. The number of amides is 1. The van der Waals surface area contributed by atoms with Crippen LogP contribution >= 0.6 is 0 Å². The Kier molecular flexibility index (Phi) is 7.48. The Balaban J connectivity index is 1.78. The van der Waals surface area contributed by atoms with E-state index in [4.69, 9.17) is 9.47 Å². The summed E-state index contributed by atoms with van der Waals surface area (Å²) in [5.41, 5.74) is 2.81. The molecule has 0 bridgehead atoms. The molecule has 2 aromatic rings. The molecule has 0 saturated carbocycles. The highest BCUT2D eigenvalue weighted by Gasteiger charge is 2.29. The second kappa shape index (κ2) is 10.1. The molecule has 2 aromatic carbocycles. The fraction of sp³-hybridized carbons (Fsp3) is 0.348. The van der Waals surface area contributed by atoms with Gasteiger partial charge in [0.25, 0.3) is 0 Å². The van der Waals surface area contributed by atoms with Crippen molar-refractivity contribution in [3.05, 3.63) is 65.2 Å². The van der Waals surface area contributed by atoms with E-state index in [9.17, 15) is 13.2 Å². The van der Waals surface area contributed by atoms with Gasteiger partial charge in [-0.25, -0.2) is 8.42 Å². The molecule has 31 heavy (non-hydrogen) atoms. The molecule has 7 nitrogen and oxygen atoms in total. The summed E-state index contributed by atoms with van der Waals surface area (Å²) in [6, 6.07) is 12.8. The van der Waals surface area contributed by atoms with Crippen LogP contribution in [0, 0.1) is 6.92 Å². The van der Waals surface area contributed by atoms with Crippen molar-refractivity contribution in [2.45, 2.75) is 18.4 Å². The van der Waals surface area contributed by atoms with Gasteiger partial charge in [-0.2, -0.15) is 4.31 Å². The van der Waals surface area contributed by atoms with Gasteiger partial charge in [-0.15, -0.1) is 0 Å². The Bertz CT molecular complexity index is 1060. The fourth-order valence-corrected chi connectivity index (χ4v) is 4.94. The molecule has 8 heteroatoms.